The first-order valence-electron chi connectivity index (χ1n) is 4.88. The van der Waals surface area contributed by atoms with Crippen LogP contribution in [0.25, 0.3) is 0 Å². The van der Waals surface area contributed by atoms with Gasteiger partial charge in [-0.05, 0) is 17.7 Å². The van der Waals surface area contributed by atoms with Gasteiger partial charge in [0.15, 0.2) is 0 Å². The third kappa shape index (κ3) is 2.80. The quantitative estimate of drug-likeness (QED) is 0.650. The summed E-state index contributed by atoms with van der Waals surface area (Å²) < 4.78 is 0. The minimum Gasteiger partial charge on any atom is -0.271 e. The molecule has 16 heavy (non-hydrogen) atoms. The average molecular weight is 254 g/mol. The molecule has 2 aromatic rings. The minimum atomic E-state index is 0.0687. The van der Waals surface area contributed by atoms with Crippen LogP contribution in [-0.4, -0.2) is 4.98 Å². The summed E-state index contributed by atoms with van der Waals surface area (Å²) in [5.74, 6) is 5.56. The SMILES string of the molecule is NNC(Cc1cncs1)c1cccc(Cl)c1. The lowest BCUT2D eigenvalue weighted by Gasteiger charge is -2.15. The predicted molar refractivity (Wildman–Crippen MR) is 67.3 cm³/mol. The summed E-state index contributed by atoms with van der Waals surface area (Å²) in [6.45, 7) is 0. The number of nitrogens with two attached hydrogens (primary N) is 1. The van der Waals surface area contributed by atoms with Crippen molar-refractivity contribution in [1.82, 2.24) is 10.4 Å². The highest BCUT2D eigenvalue weighted by atomic mass is 35.5. The van der Waals surface area contributed by atoms with Crippen LogP contribution in [0.5, 0.6) is 0 Å². The van der Waals surface area contributed by atoms with Crippen molar-refractivity contribution in [3.8, 4) is 0 Å². The monoisotopic (exact) mass is 253 g/mol. The van der Waals surface area contributed by atoms with E-state index in [1.54, 1.807) is 11.3 Å². The van der Waals surface area contributed by atoms with E-state index < -0.39 is 0 Å². The molecular formula is C11H12ClN3S. The third-order valence-electron chi connectivity index (χ3n) is 2.34. The van der Waals surface area contributed by atoms with Crippen LogP contribution in [-0.2, 0) is 6.42 Å². The molecule has 0 saturated carbocycles. The summed E-state index contributed by atoms with van der Waals surface area (Å²) in [6, 6.07) is 7.78. The molecule has 0 amide bonds. The fraction of sp³-hybridized carbons (Fsp3) is 0.182. The van der Waals surface area contributed by atoms with Crippen molar-refractivity contribution in [3.05, 3.63) is 51.4 Å². The molecule has 0 saturated heterocycles. The zero-order valence-electron chi connectivity index (χ0n) is 8.56. The van der Waals surface area contributed by atoms with Gasteiger partial charge in [-0.2, -0.15) is 0 Å². The maximum Gasteiger partial charge on any atom is 0.0794 e. The van der Waals surface area contributed by atoms with Crippen molar-refractivity contribution in [2.75, 3.05) is 0 Å². The number of benzene rings is 1. The van der Waals surface area contributed by atoms with Gasteiger partial charge >= 0.3 is 0 Å². The molecule has 1 heterocycles. The van der Waals surface area contributed by atoms with Crippen LogP contribution in [0.1, 0.15) is 16.5 Å². The lowest BCUT2D eigenvalue weighted by molar-refractivity contribution is 0.555. The molecule has 0 aliphatic rings. The van der Waals surface area contributed by atoms with Gasteiger partial charge < -0.3 is 0 Å². The average Bonchev–Trinajstić information content (AvgIpc) is 2.78. The molecule has 3 nitrogen and oxygen atoms in total. The zero-order chi connectivity index (χ0) is 11.4. The molecule has 1 atom stereocenters. The number of thiazole rings is 1. The number of hydrazine groups is 1. The number of nitrogens with one attached hydrogen (secondary N) is 1. The fourth-order valence-corrected chi connectivity index (χ4v) is 2.38. The van der Waals surface area contributed by atoms with Crippen molar-refractivity contribution in [2.24, 2.45) is 5.84 Å². The molecule has 0 radical (unpaired) electrons. The van der Waals surface area contributed by atoms with Crippen molar-refractivity contribution < 1.29 is 0 Å². The van der Waals surface area contributed by atoms with E-state index in [0.717, 1.165) is 17.0 Å². The van der Waals surface area contributed by atoms with E-state index in [1.165, 1.54) is 4.88 Å². The Hall–Kier alpha value is -0.940. The number of hydrogen-bond donors (Lipinski definition) is 2. The molecule has 84 valence electrons. The van der Waals surface area contributed by atoms with Gasteiger partial charge in [0.25, 0.3) is 0 Å². The first-order chi connectivity index (χ1) is 7.79. The molecule has 0 bridgehead atoms. The topological polar surface area (TPSA) is 50.9 Å². The van der Waals surface area contributed by atoms with Crippen LogP contribution in [0.2, 0.25) is 5.02 Å². The Labute approximate surface area is 103 Å². The van der Waals surface area contributed by atoms with Crippen LogP contribution in [0.15, 0.2) is 36.0 Å². The van der Waals surface area contributed by atoms with Gasteiger partial charge in [0.05, 0.1) is 11.6 Å². The Bertz CT molecular complexity index is 444. The highest BCUT2D eigenvalue weighted by molar-refractivity contribution is 7.09. The number of halogens is 1. The van der Waals surface area contributed by atoms with Crippen molar-refractivity contribution >= 4 is 22.9 Å². The summed E-state index contributed by atoms with van der Waals surface area (Å²) in [4.78, 5) is 5.24. The van der Waals surface area contributed by atoms with E-state index in [1.807, 2.05) is 36.0 Å². The normalized spacial score (nSPS) is 12.6. The van der Waals surface area contributed by atoms with Gasteiger partial charge in [-0.25, -0.2) is 0 Å². The third-order valence-corrected chi connectivity index (χ3v) is 3.38. The Balaban J connectivity index is 2.16. The number of nitrogens with zero attached hydrogens (tertiary/aromatic N) is 1. The second kappa shape index (κ2) is 5.41. The zero-order valence-corrected chi connectivity index (χ0v) is 10.1. The molecule has 1 aromatic carbocycles. The fourth-order valence-electron chi connectivity index (χ4n) is 1.54. The summed E-state index contributed by atoms with van der Waals surface area (Å²) in [7, 11) is 0. The van der Waals surface area contributed by atoms with E-state index in [9.17, 15) is 0 Å². The van der Waals surface area contributed by atoms with Crippen LogP contribution in [0.4, 0.5) is 0 Å². The first kappa shape index (κ1) is 11.5. The van der Waals surface area contributed by atoms with Crippen LogP contribution >= 0.6 is 22.9 Å². The standard InChI is InChI=1S/C11H12ClN3S/c12-9-3-1-2-8(4-9)11(15-13)5-10-6-14-7-16-10/h1-4,6-7,11,15H,5,13H2. The second-order valence-corrected chi connectivity index (χ2v) is 4.85. The highest BCUT2D eigenvalue weighted by Crippen LogP contribution is 2.22. The van der Waals surface area contributed by atoms with E-state index in [0.29, 0.717) is 0 Å². The van der Waals surface area contributed by atoms with Gasteiger partial charge in [0.2, 0.25) is 0 Å². The van der Waals surface area contributed by atoms with Gasteiger partial charge in [0, 0.05) is 22.5 Å². The van der Waals surface area contributed by atoms with Gasteiger partial charge in [-0.3, -0.25) is 16.3 Å². The molecule has 3 N–H and O–H groups in total. The Morgan fingerprint density at radius 1 is 1.50 bits per heavy atom. The lowest BCUT2D eigenvalue weighted by atomic mass is 10.0. The summed E-state index contributed by atoms with van der Waals surface area (Å²) in [5.41, 5.74) is 5.71. The van der Waals surface area contributed by atoms with Crippen LogP contribution in [0.3, 0.4) is 0 Å². The largest absolute Gasteiger partial charge is 0.271 e. The predicted octanol–water partition coefficient (Wildman–Crippen LogP) is 2.54. The van der Waals surface area contributed by atoms with Crippen LogP contribution < -0.4 is 11.3 Å². The van der Waals surface area contributed by atoms with Gasteiger partial charge in [-0.15, -0.1) is 11.3 Å². The smallest absolute Gasteiger partial charge is 0.0794 e. The van der Waals surface area contributed by atoms with Crippen LogP contribution in [0, 0.1) is 0 Å². The molecule has 5 heteroatoms. The van der Waals surface area contributed by atoms with E-state index in [-0.39, 0.29) is 6.04 Å². The molecule has 1 aromatic heterocycles. The molecule has 2 rings (SSSR count). The maximum absolute atomic E-state index is 5.95. The Morgan fingerprint density at radius 3 is 3.00 bits per heavy atom. The van der Waals surface area contributed by atoms with E-state index in [2.05, 4.69) is 10.4 Å². The Kier molecular flexibility index (Phi) is 3.90. The molecule has 0 aliphatic carbocycles. The first-order valence-corrected chi connectivity index (χ1v) is 6.14. The molecule has 0 spiro atoms. The van der Waals surface area contributed by atoms with Gasteiger partial charge in [-0.1, -0.05) is 23.7 Å². The van der Waals surface area contributed by atoms with Crippen molar-refractivity contribution in [1.29, 1.82) is 0 Å². The lowest BCUT2D eigenvalue weighted by Crippen LogP contribution is -2.29. The maximum atomic E-state index is 5.95. The molecular weight excluding hydrogens is 242 g/mol. The highest BCUT2D eigenvalue weighted by Gasteiger charge is 2.11. The molecule has 0 aliphatic heterocycles. The number of hydrogen-bond acceptors (Lipinski definition) is 4. The second-order valence-electron chi connectivity index (χ2n) is 3.45. The van der Waals surface area contributed by atoms with Gasteiger partial charge in [0.1, 0.15) is 0 Å². The van der Waals surface area contributed by atoms with Crippen molar-refractivity contribution in [2.45, 2.75) is 12.5 Å². The number of aromatic nitrogens is 1. The van der Waals surface area contributed by atoms with Crippen molar-refractivity contribution in [3.63, 3.8) is 0 Å². The minimum absolute atomic E-state index is 0.0687. The molecule has 1 unspecified atom stereocenters. The van der Waals surface area contributed by atoms with E-state index in [4.69, 9.17) is 17.4 Å². The summed E-state index contributed by atoms with van der Waals surface area (Å²) >= 11 is 7.58. The summed E-state index contributed by atoms with van der Waals surface area (Å²) in [6.07, 6.45) is 2.68. The van der Waals surface area contributed by atoms with E-state index >= 15 is 0 Å². The Morgan fingerprint density at radius 2 is 2.38 bits per heavy atom. The number of rotatable bonds is 4. The molecule has 0 fully saturated rings. The summed E-state index contributed by atoms with van der Waals surface area (Å²) in [5, 5.41) is 0.724.